The second kappa shape index (κ2) is 8.95. The van der Waals surface area contributed by atoms with Gasteiger partial charge in [-0.05, 0) is 30.5 Å². The van der Waals surface area contributed by atoms with Gasteiger partial charge in [0.1, 0.15) is 6.61 Å². The fourth-order valence-electron chi connectivity index (χ4n) is 2.89. The molecule has 1 atom stereocenters. The van der Waals surface area contributed by atoms with Gasteiger partial charge in [0.15, 0.2) is 23.4 Å². The van der Waals surface area contributed by atoms with E-state index in [2.05, 4.69) is 0 Å². The quantitative estimate of drug-likeness (QED) is 0.538. The Morgan fingerprint density at radius 3 is 2.48 bits per heavy atom. The molecular formula is C21H23NO4S. The van der Waals surface area contributed by atoms with E-state index in [0.29, 0.717) is 24.5 Å². The number of hydrogen-bond donors (Lipinski definition) is 0. The molecule has 2 aromatic carbocycles. The molecule has 5 nitrogen and oxygen atoms in total. The highest BCUT2D eigenvalue weighted by atomic mass is 32.2. The Kier molecular flexibility index (Phi) is 6.40. The first kappa shape index (κ1) is 19.3. The number of rotatable bonds is 7. The summed E-state index contributed by atoms with van der Waals surface area (Å²) in [5.41, 5.74) is 0.642. The van der Waals surface area contributed by atoms with Crippen molar-refractivity contribution in [3.05, 3.63) is 54.1 Å². The molecule has 6 heteroatoms. The lowest BCUT2D eigenvalue weighted by molar-refractivity contribution is -0.131. The number of ether oxygens (including phenoxy) is 2. The summed E-state index contributed by atoms with van der Waals surface area (Å²) in [5.74, 6) is 1.32. The molecule has 0 radical (unpaired) electrons. The van der Waals surface area contributed by atoms with Crippen LogP contribution in [0.2, 0.25) is 0 Å². The molecule has 2 aromatic rings. The smallest absolute Gasteiger partial charge is 0.222 e. The van der Waals surface area contributed by atoms with Crippen LogP contribution in [0.25, 0.3) is 0 Å². The van der Waals surface area contributed by atoms with Crippen molar-refractivity contribution in [1.82, 2.24) is 4.90 Å². The minimum Gasteiger partial charge on any atom is -0.486 e. The Labute approximate surface area is 163 Å². The standard InChI is InChI=1S/C21H23NO4S/c1-22(13-16-14-25-19-5-3-4-6-20(19)26-16)21(24)12-11-18(23)15-7-9-17(27-2)10-8-15/h3-10,16H,11-14H2,1-2H3/t16-/m0/s1. The van der Waals surface area contributed by atoms with E-state index in [4.69, 9.17) is 9.47 Å². The monoisotopic (exact) mass is 385 g/mol. The van der Waals surface area contributed by atoms with E-state index in [1.54, 1.807) is 23.7 Å². The molecule has 3 rings (SSSR count). The summed E-state index contributed by atoms with van der Waals surface area (Å²) in [6, 6.07) is 15.0. The number of fused-ring (bicyclic) bond motifs is 1. The van der Waals surface area contributed by atoms with E-state index in [0.717, 1.165) is 10.6 Å². The fourth-order valence-corrected chi connectivity index (χ4v) is 3.30. The predicted octanol–water partition coefficient (Wildman–Crippen LogP) is 3.67. The van der Waals surface area contributed by atoms with Crippen molar-refractivity contribution in [2.45, 2.75) is 23.8 Å². The molecule has 0 unspecified atom stereocenters. The summed E-state index contributed by atoms with van der Waals surface area (Å²) in [5, 5.41) is 0. The van der Waals surface area contributed by atoms with Gasteiger partial charge in [-0.2, -0.15) is 0 Å². The average Bonchev–Trinajstić information content (AvgIpc) is 2.71. The number of likely N-dealkylation sites (N-methyl/N-ethyl adjacent to an activating group) is 1. The number of amides is 1. The fraction of sp³-hybridized carbons (Fsp3) is 0.333. The first-order valence-corrected chi connectivity index (χ1v) is 10.1. The van der Waals surface area contributed by atoms with Gasteiger partial charge >= 0.3 is 0 Å². The summed E-state index contributed by atoms with van der Waals surface area (Å²) >= 11 is 1.63. The van der Waals surface area contributed by atoms with Crippen molar-refractivity contribution in [3.63, 3.8) is 0 Å². The number of carbonyl (C=O) groups excluding carboxylic acids is 2. The van der Waals surface area contributed by atoms with Gasteiger partial charge in [-0.3, -0.25) is 9.59 Å². The summed E-state index contributed by atoms with van der Waals surface area (Å²) in [6.45, 7) is 0.819. The number of carbonyl (C=O) groups is 2. The Balaban J connectivity index is 1.47. The maximum absolute atomic E-state index is 12.4. The van der Waals surface area contributed by atoms with Crippen LogP contribution in [0.4, 0.5) is 0 Å². The third kappa shape index (κ3) is 5.04. The molecule has 1 aliphatic heterocycles. The van der Waals surface area contributed by atoms with Gasteiger partial charge in [0.05, 0.1) is 6.54 Å². The van der Waals surface area contributed by atoms with Crippen molar-refractivity contribution in [2.24, 2.45) is 0 Å². The molecular weight excluding hydrogens is 362 g/mol. The Hall–Kier alpha value is -2.47. The number of thioether (sulfide) groups is 1. The molecule has 1 amide bonds. The van der Waals surface area contributed by atoms with E-state index in [9.17, 15) is 9.59 Å². The van der Waals surface area contributed by atoms with Gasteiger partial charge in [-0.25, -0.2) is 0 Å². The third-order valence-corrected chi connectivity index (χ3v) is 5.19. The second-order valence-corrected chi connectivity index (χ2v) is 7.30. The van der Waals surface area contributed by atoms with Gasteiger partial charge in [0.2, 0.25) is 5.91 Å². The number of Topliss-reactive ketones (excluding diaryl/α,β-unsaturated/α-hetero) is 1. The molecule has 1 heterocycles. The van der Waals surface area contributed by atoms with Crippen LogP contribution in [0.1, 0.15) is 23.2 Å². The zero-order valence-corrected chi connectivity index (χ0v) is 16.3. The summed E-state index contributed by atoms with van der Waals surface area (Å²) in [7, 11) is 1.73. The van der Waals surface area contributed by atoms with Crippen LogP contribution < -0.4 is 9.47 Å². The lowest BCUT2D eigenvalue weighted by atomic mass is 10.1. The molecule has 0 N–H and O–H groups in total. The van der Waals surface area contributed by atoms with Crippen LogP contribution in [0.5, 0.6) is 11.5 Å². The number of ketones is 1. The molecule has 0 aromatic heterocycles. The van der Waals surface area contributed by atoms with Crippen molar-refractivity contribution < 1.29 is 19.1 Å². The Bertz CT molecular complexity index is 806. The van der Waals surface area contributed by atoms with Gasteiger partial charge in [-0.15, -0.1) is 11.8 Å². The molecule has 0 spiro atoms. The number of hydrogen-bond acceptors (Lipinski definition) is 5. The Morgan fingerprint density at radius 2 is 1.78 bits per heavy atom. The lowest BCUT2D eigenvalue weighted by Gasteiger charge is -2.29. The molecule has 0 fully saturated rings. The first-order chi connectivity index (χ1) is 13.1. The van der Waals surface area contributed by atoms with Gasteiger partial charge in [0, 0.05) is 30.3 Å². The van der Waals surface area contributed by atoms with E-state index < -0.39 is 0 Å². The topological polar surface area (TPSA) is 55.8 Å². The third-order valence-electron chi connectivity index (χ3n) is 4.45. The SMILES string of the molecule is CSc1ccc(C(=O)CCC(=O)N(C)C[C@H]2COc3ccccc3O2)cc1. The minimum atomic E-state index is -0.219. The maximum atomic E-state index is 12.4. The van der Waals surface area contributed by atoms with Crippen LogP contribution >= 0.6 is 11.8 Å². The summed E-state index contributed by atoms with van der Waals surface area (Å²) in [6.07, 6.45) is 2.16. The molecule has 0 bridgehead atoms. The summed E-state index contributed by atoms with van der Waals surface area (Å²) in [4.78, 5) is 27.4. The van der Waals surface area contributed by atoms with E-state index in [-0.39, 0.29) is 30.6 Å². The predicted molar refractivity (Wildman–Crippen MR) is 106 cm³/mol. The highest BCUT2D eigenvalue weighted by Crippen LogP contribution is 2.31. The van der Waals surface area contributed by atoms with Gasteiger partial charge < -0.3 is 14.4 Å². The molecule has 142 valence electrons. The number of nitrogens with zero attached hydrogens (tertiary/aromatic N) is 1. The first-order valence-electron chi connectivity index (χ1n) is 8.86. The van der Waals surface area contributed by atoms with Gasteiger partial charge in [0.25, 0.3) is 0 Å². The van der Waals surface area contributed by atoms with E-state index in [1.807, 2.05) is 54.8 Å². The number of benzene rings is 2. The highest BCUT2D eigenvalue weighted by Gasteiger charge is 2.23. The molecule has 27 heavy (non-hydrogen) atoms. The molecule has 0 saturated carbocycles. The molecule has 1 aliphatic rings. The number of para-hydroxylation sites is 2. The zero-order valence-electron chi connectivity index (χ0n) is 15.5. The van der Waals surface area contributed by atoms with Crippen LogP contribution in [-0.4, -0.2) is 49.1 Å². The lowest BCUT2D eigenvalue weighted by Crippen LogP contribution is -2.41. The maximum Gasteiger partial charge on any atom is 0.222 e. The van der Waals surface area contributed by atoms with E-state index in [1.165, 1.54) is 0 Å². The van der Waals surface area contributed by atoms with Crippen molar-refractivity contribution in [2.75, 3.05) is 26.5 Å². The molecule has 0 saturated heterocycles. The Morgan fingerprint density at radius 1 is 1.07 bits per heavy atom. The largest absolute Gasteiger partial charge is 0.486 e. The molecule has 0 aliphatic carbocycles. The minimum absolute atomic E-state index is 0.0180. The highest BCUT2D eigenvalue weighted by molar-refractivity contribution is 7.98. The van der Waals surface area contributed by atoms with Gasteiger partial charge in [-0.1, -0.05) is 24.3 Å². The van der Waals surface area contributed by atoms with Crippen LogP contribution in [0.3, 0.4) is 0 Å². The van der Waals surface area contributed by atoms with Crippen LogP contribution in [0.15, 0.2) is 53.4 Å². The zero-order chi connectivity index (χ0) is 19.2. The van der Waals surface area contributed by atoms with E-state index >= 15 is 0 Å². The summed E-state index contributed by atoms with van der Waals surface area (Å²) < 4.78 is 11.6. The van der Waals surface area contributed by atoms with Crippen LogP contribution in [0, 0.1) is 0 Å². The van der Waals surface area contributed by atoms with Crippen molar-refractivity contribution in [1.29, 1.82) is 0 Å². The second-order valence-electron chi connectivity index (χ2n) is 6.42. The van der Waals surface area contributed by atoms with Crippen molar-refractivity contribution in [3.8, 4) is 11.5 Å². The van der Waals surface area contributed by atoms with Crippen LogP contribution in [-0.2, 0) is 4.79 Å². The van der Waals surface area contributed by atoms with Crippen molar-refractivity contribution >= 4 is 23.5 Å². The normalized spacial score (nSPS) is 15.3. The average molecular weight is 385 g/mol.